The Morgan fingerprint density at radius 2 is 2.06 bits per heavy atom. The fourth-order valence-electron chi connectivity index (χ4n) is 1.65. The van der Waals surface area contributed by atoms with Crippen LogP contribution in [0.4, 0.5) is 11.9 Å². The van der Waals surface area contributed by atoms with E-state index in [4.69, 9.17) is 16.3 Å². The van der Waals surface area contributed by atoms with Crippen LogP contribution in [0.25, 0.3) is 0 Å². The molecule has 1 fully saturated rings. The van der Waals surface area contributed by atoms with E-state index in [1.165, 1.54) is 0 Å². The topological polar surface area (TPSA) is 92.2 Å². The first-order valence-electron chi connectivity index (χ1n) is 5.81. The maximum atomic E-state index is 10.1. The minimum atomic E-state index is -0.864. The highest BCUT2D eigenvalue weighted by Gasteiger charge is 2.32. The standard InChI is InChI=1S/C10H16ClN5O2/c1-2-12-8-14-7(11)15-9(16-8)13-5-10(17)3-4-18-6-10/h17H,2-6H2,1H3,(H2,12,13,14,15,16). The van der Waals surface area contributed by atoms with Crippen molar-refractivity contribution >= 4 is 23.5 Å². The fraction of sp³-hybridized carbons (Fsp3) is 0.700. The molecule has 3 N–H and O–H groups in total. The normalized spacial score (nSPS) is 23.1. The Morgan fingerprint density at radius 1 is 1.33 bits per heavy atom. The molecule has 0 bridgehead atoms. The average Bonchev–Trinajstić information content (AvgIpc) is 2.74. The molecule has 7 nitrogen and oxygen atoms in total. The van der Waals surface area contributed by atoms with E-state index in [1.807, 2.05) is 6.92 Å². The molecule has 0 spiro atoms. The van der Waals surface area contributed by atoms with E-state index in [-0.39, 0.29) is 5.28 Å². The van der Waals surface area contributed by atoms with Crippen LogP contribution >= 0.6 is 11.6 Å². The van der Waals surface area contributed by atoms with E-state index in [1.54, 1.807) is 0 Å². The van der Waals surface area contributed by atoms with Crippen LogP contribution in [-0.4, -0.2) is 52.0 Å². The first kappa shape index (κ1) is 13.3. The molecule has 2 rings (SSSR count). The Hall–Kier alpha value is -1.18. The second kappa shape index (κ2) is 5.64. The summed E-state index contributed by atoms with van der Waals surface area (Å²) in [5.74, 6) is 0.751. The number of anilines is 2. The average molecular weight is 274 g/mol. The summed E-state index contributed by atoms with van der Waals surface area (Å²) in [6.07, 6.45) is 0.596. The third kappa shape index (κ3) is 3.41. The molecule has 1 unspecified atom stereocenters. The molecule has 1 aliphatic heterocycles. The lowest BCUT2D eigenvalue weighted by Crippen LogP contribution is -2.37. The predicted molar refractivity (Wildman–Crippen MR) is 67.9 cm³/mol. The number of aliphatic hydroxyl groups is 1. The largest absolute Gasteiger partial charge is 0.386 e. The zero-order valence-electron chi connectivity index (χ0n) is 10.1. The number of ether oxygens (including phenoxy) is 1. The molecule has 1 aliphatic rings. The van der Waals surface area contributed by atoms with Crippen molar-refractivity contribution in [3.05, 3.63) is 5.28 Å². The number of aromatic nitrogens is 3. The van der Waals surface area contributed by atoms with Crippen LogP contribution in [0.3, 0.4) is 0 Å². The van der Waals surface area contributed by atoms with Gasteiger partial charge in [-0.1, -0.05) is 0 Å². The monoisotopic (exact) mass is 273 g/mol. The van der Waals surface area contributed by atoms with Crippen LogP contribution in [-0.2, 0) is 4.74 Å². The van der Waals surface area contributed by atoms with E-state index < -0.39 is 5.60 Å². The quantitative estimate of drug-likeness (QED) is 0.720. The van der Waals surface area contributed by atoms with Crippen LogP contribution in [0.1, 0.15) is 13.3 Å². The van der Waals surface area contributed by atoms with E-state index in [0.29, 0.717) is 44.6 Å². The number of hydrogen-bond donors (Lipinski definition) is 3. The number of nitrogens with one attached hydrogen (secondary N) is 2. The van der Waals surface area contributed by atoms with E-state index in [2.05, 4.69) is 25.6 Å². The molecule has 0 aromatic carbocycles. The molecule has 0 aliphatic carbocycles. The summed E-state index contributed by atoms with van der Waals surface area (Å²) in [4.78, 5) is 12.0. The Labute approximate surface area is 110 Å². The molecule has 0 radical (unpaired) electrons. The Morgan fingerprint density at radius 3 is 2.67 bits per heavy atom. The molecule has 0 amide bonds. The lowest BCUT2D eigenvalue weighted by atomic mass is 10.0. The molecule has 1 saturated heterocycles. The zero-order valence-corrected chi connectivity index (χ0v) is 10.9. The van der Waals surface area contributed by atoms with Crippen molar-refractivity contribution < 1.29 is 9.84 Å². The summed E-state index contributed by atoms with van der Waals surface area (Å²) in [5.41, 5.74) is -0.864. The number of halogens is 1. The zero-order chi connectivity index (χ0) is 13.0. The second-order valence-electron chi connectivity index (χ2n) is 4.16. The lowest BCUT2D eigenvalue weighted by Gasteiger charge is -2.20. The highest BCUT2D eigenvalue weighted by Crippen LogP contribution is 2.19. The maximum Gasteiger partial charge on any atom is 0.228 e. The van der Waals surface area contributed by atoms with Crippen LogP contribution in [0.5, 0.6) is 0 Å². The molecule has 0 saturated carbocycles. The van der Waals surface area contributed by atoms with Crippen LogP contribution in [0.2, 0.25) is 5.28 Å². The first-order valence-corrected chi connectivity index (χ1v) is 6.18. The van der Waals surface area contributed by atoms with Crippen LogP contribution < -0.4 is 10.6 Å². The summed E-state index contributed by atoms with van der Waals surface area (Å²) in [7, 11) is 0. The molecule has 2 heterocycles. The summed E-state index contributed by atoms with van der Waals surface area (Å²) >= 11 is 5.79. The smallest absolute Gasteiger partial charge is 0.228 e. The highest BCUT2D eigenvalue weighted by molar-refractivity contribution is 6.28. The van der Waals surface area contributed by atoms with Crippen molar-refractivity contribution in [1.29, 1.82) is 0 Å². The minimum Gasteiger partial charge on any atom is -0.386 e. The molecule has 1 aromatic heterocycles. The van der Waals surface area contributed by atoms with Gasteiger partial charge in [0, 0.05) is 26.1 Å². The van der Waals surface area contributed by atoms with Crippen molar-refractivity contribution in [2.75, 3.05) is 36.9 Å². The first-order chi connectivity index (χ1) is 8.61. The van der Waals surface area contributed by atoms with E-state index in [9.17, 15) is 5.11 Å². The molecule has 1 aromatic rings. The van der Waals surface area contributed by atoms with Crippen LogP contribution in [0, 0.1) is 0 Å². The fourth-order valence-corrected chi connectivity index (χ4v) is 1.81. The van der Waals surface area contributed by atoms with Gasteiger partial charge in [-0.3, -0.25) is 0 Å². The Balaban J connectivity index is 2.00. The van der Waals surface area contributed by atoms with Crippen molar-refractivity contribution in [2.45, 2.75) is 18.9 Å². The second-order valence-corrected chi connectivity index (χ2v) is 4.50. The van der Waals surface area contributed by atoms with Gasteiger partial charge in [0.2, 0.25) is 17.2 Å². The van der Waals surface area contributed by atoms with Gasteiger partial charge < -0.3 is 20.5 Å². The highest BCUT2D eigenvalue weighted by atomic mass is 35.5. The van der Waals surface area contributed by atoms with Gasteiger partial charge in [-0.2, -0.15) is 15.0 Å². The van der Waals surface area contributed by atoms with Crippen molar-refractivity contribution in [3.63, 3.8) is 0 Å². The Kier molecular flexibility index (Phi) is 4.15. The van der Waals surface area contributed by atoms with Gasteiger partial charge in [0.1, 0.15) is 5.60 Å². The summed E-state index contributed by atoms with van der Waals surface area (Å²) in [6.45, 7) is 3.83. The summed E-state index contributed by atoms with van der Waals surface area (Å²) < 4.78 is 5.15. The summed E-state index contributed by atoms with van der Waals surface area (Å²) in [6, 6.07) is 0. The molecule has 18 heavy (non-hydrogen) atoms. The molecular formula is C10H16ClN5O2. The third-order valence-corrected chi connectivity index (χ3v) is 2.77. The summed E-state index contributed by atoms with van der Waals surface area (Å²) in [5, 5.41) is 16.1. The number of nitrogens with zero attached hydrogens (tertiary/aromatic N) is 3. The van der Waals surface area contributed by atoms with E-state index >= 15 is 0 Å². The Bertz CT molecular complexity index is 411. The van der Waals surface area contributed by atoms with Gasteiger partial charge in [0.05, 0.1) is 6.61 Å². The van der Waals surface area contributed by atoms with Gasteiger partial charge in [-0.15, -0.1) is 0 Å². The SMILES string of the molecule is CCNc1nc(Cl)nc(NCC2(O)CCOC2)n1. The van der Waals surface area contributed by atoms with Gasteiger partial charge in [-0.25, -0.2) is 0 Å². The molecular weight excluding hydrogens is 258 g/mol. The number of hydrogen-bond acceptors (Lipinski definition) is 7. The molecule has 8 heteroatoms. The van der Waals surface area contributed by atoms with Gasteiger partial charge in [0.25, 0.3) is 0 Å². The predicted octanol–water partition coefficient (Wildman–Crippen LogP) is 0.520. The minimum absolute atomic E-state index is 0.109. The maximum absolute atomic E-state index is 10.1. The van der Waals surface area contributed by atoms with Gasteiger partial charge in [0.15, 0.2) is 0 Å². The van der Waals surface area contributed by atoms with Crippen molar-refractivity contribution in [2.24, 2.45) is 0 Å². The van der Waals surface area contributed by atoms with Crippen LogP contribution in [0.15, 0.2) is 0 Å². The lowest BCUT2D eigenvalue weighted by molar-refractivity contribution is 0.0380. The van der Waals surface area contributed by atoms with Gasteiger partial charge >= 0.3 is 0 Å². The van der Waals surface area contributed by atoms with Gasteiger partial charge in [-0.05, 0) is 18.5 Å². The molecule has 1 atom stereocenters. The van der Waals surface area contributed by atoms with Crippen molar-refractivity contribution in [1.82, 2.24) is 15.0 Å². The van der Waals surface area contributed by atoms with E-state index in [0.717, 1.165) is 0 Å². The third-order valence-electron chi connectivity index (χ3n) is 2.60. The van der Waals surface area contributed by atoms with Crippen molar-refractivity contribution in [3.8, 4) is 0 Å². The molecule has 100 valence electrons. The number of rotatable bonds is 5.